The fourth-order valence-electron chi connectivity index (χ4n) is 5.48. The molecule has 1 saturated heterocycles. The van der Waals surface area contributed by atoms with E-state index >= 15 is 0 Å². The van der Waals surface area contributed by atoms with E-state index in [1.54, 1.807) is 30.3 Å². The zero-order valence-corrected chi connectivity index (χ0v) is 21.2. The third-order valence-electron chi connectivity index (χ3n) is 6.62. The number of ether oxygens (including phenoxy) is 1. The quantitative estimate of drug-likeness (QED) is 0.472. The number of barbiturate groups is 1. The van der Waals surface area contributed by atoms with Gasteiger partial charge in [0.1, 0.15) is 11.3 Å². The van der Waals surface area contributed by atoms with Crippen LogP contribution in [0.15, 0.2) is 48.0 Å². The number of anilines is 2. The predicted molar refractivity (Wildman–Crippen MR) is 138 cm³/mol. The molecule has 0 saturated carbocycles. The summed E-state index contributed by atoms with van der Waals surface area (Å²) < 4.78 is 5.50. The van der Waals surface area contributed by atoms with Crippen molar-refractivity contribution in [2.45, 2.75) is 65.5 Å². The Balaban J connectivity index is 1.72. The van der Waals surface area contributed by atoms with Gasteiger partial charge in [0.15, 0.2) is 0 Å². The largest absolute Gasteiger partial charge is 0.494 e. The zero-order chi connectivity index (χ0) is 25.5. The minimum absolute atomic E-state index is 0.0245. The summed E-state index contributed by atoms with van der Waals surface area (Å²) in [6.07, 6.45) is 2.56. The Morgan fingerprint density at radius 1 is 1.14 bits per heavy atom. The lowest BCUT2D eigenvalue weighted by Crippen LogP contribution is -2.54. The van der Waals surface area contributed by atoms with Gasteiger partial charge >= 0.3 is 6.03 Å². The molecule has 0 aromatic heterocycles. The number of rotatable bonds is 5. The summed E-state index contributed by atoms with van der Waals surface area (Å²) in [4.78, 5) is 42.0. The van der Waals surface area contributed by atoms with Crippen LogP contribution in [-0.4, -0.2) is 36.0 Å². The second-order valence-electron chi connectivity index (χ2n) is 10.1. The Labute approximate surface area is 206 Å². The SMILES string of the molecule is CCOc1cccc(N2C(=O)NC(=O)/C(=C\c3ccc4c(c3)C(C)CC(C)(C)N4C(C)C)C2=O)c1. The Morgan fingerprint density at radius 2 is 1.89 bits per heavy atom. The van der Waals surface area contributed by atoms with E-state index < -0.39 is 17.8 Å². The summed E-state index contributed by atoms with van der Waals surface area (Å²) in [5, 5.41) is 2.29. The van der Waals surface area contributed by atoms with Gasteiger partial charge < -0.3 is 9.64 Å². The molecular weight excluding hydrogens is 442 g/mol. The maximum Gasteiger partial charge on any atom is 0.335 e. The van der Waals surface area contributed by atoms with Crippen LogP contribution in [0, 0.1) is 0 Å². The molecule has 4 rings (SSSR count). The number of carbonyl (C=O) groups is 3. The fraction of sp³-hybridized carbons (Fsp3) is 0.393. The van der Waals surface area contributed by atoms with E-state index in [1.165, 1.54) is 11.3 Å². The smallest absolute Gasteiger partial charge is 0.335 e. The Bertz CT molecular complexity index is 1210. The van der Waals surface area contributed by atoms with Gasteiger partial charge in [-0.2, -0.15) is 0 Å². The van der Waals surface area contributed by atoms with Crippen molar-refractivity contribution in [2.75, 3.05) is 16.4 Å². The van der Waals surface area contributed by atoms with Crippen molar-refractivity contribution in [3.63, 3.8) is 0 Å². The van der Waals surface area contributed by atoms with Crippen LogP contribution in [0.3, 0.4) is 0 Å². The van der Waals surface area contributed by atoms with Gasteiger partial charge in [-0.1, -0.05) is 19.1 Å². The molecule has 0 spiro atoms. The van der Waals surface area contributed by atoms with Crippen LogP contribution in [0.25, 0.3) is 6.08 Å². The van der Waals surface area contributed by atoms with Crippen molar-refractivity contribution in [1.82, 2.24) is 5.32 Å². The Kier molecular flexibility index (Phi) is 6.45. The first-order valence-electron chi connectivity index (χ1n) is 12.1. The summed E-state index contributed by atoms with van der Waals surface area (Å²) in [6.45, 7) is 13.4. The molecule has 1 unspecified atom stereocenters. The molecule has 1 N–H and O–H groups in total. The van der Waals surface area contributed by atoms with Crippen molar-refractivity contribution >= 4 is 35.3 Å². The van der Waals surface area contributed by atoms with Crippen LogP contribution in [0.2, 0.25) is 0 Å². The highest BCUT2D eigenvalue weighted by atomic mass is 16.5. The van der Waals surface area contributed by atoms with Gasteiger partial charge in [0.2, 0.25) is 0 Å². The lowest BCUT2D eigenvalue weighted by atomic mass is 9.78. The van der Waals surface area contributed by atoms with E-state index in [1.807, 2.05) is 13.0 Å². The summed E-state index contributed by atoms with van der Waals surface area (Å²) >= 11 is 0. The predicted octanol–water partition coefficient (Wildman–Crippen LogP) is 5.25. The number of hydrogen-bond donors (Lipinski definition) is 1. The van der Waals surface area contributed by atoms with Crippen LogP contribution in [0.1, 0.15) is 65.0 Å². The van der Waals surface area contributed by atoms with Crippen LogP contribution >= 0.6 is 0 Å². The molecule has 1 fully saturated rings. The van der Waals surface area contributed by atoms with Gasteiger partial charge in [-0.15, -0.1) is 0 Å². The zero-order valence-electron chi connectivity index (χ0n) is 21.2. The van der Waals surface area contributed by atoms with E-state index in [0.29, 0.717) is 30.0 Å². The monoisotopic (exact) mass is 475 g/mol. The molecule has 7 nitrogen and oxygen atoms in total. The lowest BCUT2D eigenvalue weighted by molar-refractivity contribution is -0.122. The number of nitrogens with one attached hydrogen (secondary N) is 1. The van der Waals surface area contributed by atoms with E-state index in [-0.39, 0.29) is 11.1 Å². The number of imide groups is 2. The summed E-state index contributed by atoms with van der Waals surface area (Å²) in [5.41, 5.74) is 3.39. The van der Waals surface area contributed by atoms with E-state index in [9.17, 15) is 14.4 Å². The number of hydrogen-bond acceptors (Lipinski definition) is 5. The van der Waals surface area contributed by atoms with Crippen molar-refractivity contribution < 1.29 is 19.1 Å². The molecule has 2 aliphatic rings. The second-order valence-corrected chi connectivity index (χ2v) is 10.1. The molecule has 4 amide bonds. The van der Waals surface area contributed by atoms with Gasteiger partial charge in [0, 0.05) is 23.3 Å². The van der Waals surface area contributed by atoms with Crippen molar-refractivity contribution in [3.05, 3.63) is 59.2 Å². The van der Waals surface area contributed by atoms with Gasteiger partial charge in [0.05, 0.1) is 12.3 Å². The fourth-order valence-corrected chi connectivity index (χ4v) is 5.48. The van der Waals surface area contributed by atoms with E-state index in [2.05, 4.69) is 57.0 Å². The Morgan fingerprint density at radius 3 is 2.57 bits per heavy atom. The van der Waals surface area contributed by atoms with Crippen molar-refractivity contribution in [2.24, 2.45) is 0 Å². The highest BCUT2D eigenvalue weighted by Crippen LogP contribution is 2.44. The molecule has 35 heavy (non-hydrogen) atoms. The second kappa shape index (κ2) is 9.21. The number of fused-ring (bicyclic) bond motifs is 1. The van der Waals surface area contributed by atoms with Crippen LogP contribution in [-0.2, 0) is 9.59 Å². The highest BCUT2D eigenvalue weighted by Gasteiger charge is 2.39. The van der Waals surface area contributed by atoms with Gasteiger partial charge in [-0.25, -0.2) is 9.69 Å². The van der Waals surface area contributed by atoms with Crippen LogP contribution in [0.4, 0.5) is 16.2 Å². The van der Waals surface area contributed by atoms with E-state index in [0.717, 1.165) is 16.9 Å². The number of benzene rings is 2. The molecule has 0 bridgehead atoms. The van der Waals surface area contributed by atoms with Gasteiger partial charge in [-0.3, -0.25) is 14.9 Å². The molecule has 0 aliphatic carbocycles. The lowest BCUT2D eigenvalue weighted by Gasteiger charge is -2.50. The van der Waals surface area contributed by atoms with Crippen molar-refractivity contribution in [3.8, 4) is 5.75 Å². The number of carbonyl (C=O) groups excluding carboxylic acids is 3. The van der Waals surface area contributed by atoms with Gasteiger partial charge in [-0.05, 0) is 88.4 Å². The summed E-state index contributed by atoms with van der Waals surface area (Å²) in [7, 11) is 0. The first-order valence-corrected chi connectivity index (χ1v) is 12.1. The highest BCUT2D eigenvalue weighted by molar-refractivity contribution is 6.39. The minimum atomic E-state index is -0.778. The van der Waals surface area contributed by atoms with Gasteiger partial charge in [0.25, 0.3) is 11.8 Å². The molecule has 1 atom stereocenters. The molecule has 0 radical (unpaired) electrons. The average molecular weight is 476 g/mol. The number of urea groups is 1. The minimum Gasteiger partial charge on any atom is -0.494 e. The Hall–Kier alpha value is -3.61. The molecular formula is C28H33N3O4. The molecule has 2 heterocycles. The van der Waals surface area contributed by atoms with Crippen molar-refractivity contribution in [1.29, 1.82) is 0 Å². The van der Waals surface area contributed by atoms with Crippen LogP contribution < -0.4 is 19.9 Å². The molecule has 2 aliphatic heterocycles. The maximum atomic E-state index is 13.3. The number of nitrogens with zero attached hydrogens (tertiary/aromatic N) is 2. The third-order valence-corrected chi connectivity index (χ3v) is 6.62. The standard InChI is InChI=1S/C28H33N3O4/c1-7-35-21-10-8-9-20(15-21)30-26(33)23(25(32)29-27(30)34)14-19-11-12-24-22(13-19)18(4)16-28(5,6)31(24)17(2)3/h8-15,17-18H,7,16H2,1-6H3,(H,29,32,34)/b23-14+. The van der Waals surface area contributed by atoms with E-state index in [4.69, 9.17) is 4.74 Å². The normalized spacial score (nSPS) is 20.8. The molecule has 2 aromatic carbocycles. The molecule has 2 aromatic rings. The summed E-state index contributed by atoms with van der Waals surface area (Å²) in [6, 6.07) is 12.3. The maximum absolute atomic E-state index is 13.3. The number of amides is 4. The third kappa shape index (κ3) is 4.55. The molecule has 7 heteroatoms. The average Bonchev–Trinajstić information content (AvgIpc) is 2.76. The van der Waals surface area contributed by atoms with Crippen LogP contribution in [0.5, 0.6) is 5.75 Å². The summed E-state index contributed by atoms with van der Waals surface area (Å²) in [5.74, 6) is -0.506. The first-order chi connectivity index (χ1) is 16.5. The first kappa shape index (κ1) is 24.5. The topological polar surface area (TPSA) is 79.0 Å². The molecule has 184 valence electrons.